The van der Waals surface area contributed by atoms with Crippen LogP contribution in [0.5, 0.6) is 5.75 Å². The summed E-state index contributed by atoms with van der Waals surface area (Å²) in [5, 5.41) is 3.00. The van der Waals surface area contributed by atoms with E-state index in [9.17, 15) is 17.6 Å². The second kappa shape index (κ2) is 7.18. The molecule has 29 heavy (non-hydrogen) atoms. The molecule has 0 saturated heterocycles. The normalized spacial score (nSPS) is 24.7. The van der Waals surface area contributed by atoms with E-state index in [4.69, 9.17) is 15.2 Å². The van der Waals surface area contributed by atoms with Gasteiger partial charge in [-0.1, -0.05) is 12.1 Å². The molecule has 3 N–H and O–H groups in total. The van der Waals surface area contributed by atoms with Crippen molar-refractivity contribution in [1.29, 1.82) is 0 Å². The minimum absolute atomic E-state index is 0.190. The molecule has 156 valence electrons. The van der Waals surface area contributed by atoms with Crippen molar-refractivity contribution in [1.82, 2.24) is 4.98 Å². The van der Waals surface area contributed by atoms with E-state index in [2.05, 4.69) is 15.3 Å². The van der Waals surface area contributed by atoms with Crippen molar-refractivity contribution in [2.45, 2.75) is 31.2 Å². The first kappa shape index (κ1) is 20.8. The molecule has 0 bridgehead atoms. The maximum Gasteiger partial charge on any atom is 0.424 e. The van der Waals surface area contributed by atoms with E-state index in [0.717, 1.165) is 13.0 Å². The molecule has 0 spiro atoms. The quantitative estimate of drug-likeness (QED) is 0.745. The average molecular weight is 412 g/mol. The molecule has 1 aromatic carbocycles. The fraction of sp³-hybridized carbons (Fsp3) is 0.368. The van der Waals surface area contributed by atoms with Crippen LogP contribution in [0.1, 0.15) is 19.5 Å². The number of anilines is 2. The van der Waals surface area contributed by atoms with E-state index in [-0.39, 0.29) is 11.5 Å². The van der Waals surface area contributed by atoms with Crippen LogP contribution in [0, 0.1) is 5.82 Å². The van der Waals surface area contributed by atoms with Crippen molar-refractivity contribution in [3.05, 3.63) is 47.9 Å². The monoisotopic (exact) mass is 412 g/mol. The Balaban J connectivity index is 1.98. The highest BCUT2D eigenvalue weighted by atomic mass is 19.4. The number of amidine groups is 1. The number of aliphatic imine (C=N–C) groups is 1. The third-order valence-electron chi connectivity index (χ3n) is 4.76. The molecule has 0 radical (unpaired) electrons. The van der Waals surface area contributed by atoms with Crippen molar-refractivity contribution in [2.75, 3.05) is 19.0 Å². The molecule has 0 saturated carbocycles. The van der Waals surface area contributed by atoms with Crippen LogP contribution in [0.3, 0.4) is 0 Å². The number of methoxy groups -OCH3 is 1. The summed E-state index contributed by atoms with van der Waals surface area (Å²) in [4.78, 5) is 8.16. The minimum atomic E-state index is -4.76. The Bertz CT molecular complexity index is 950. The zero-order valence-electron chi connectivity index (χ0n) is 16.0. The summed E-state index contributed by atoms with van der Waals surface area (Å²) >= 11 is 0. The van der Waals surface area contributed by atoms with Crippen molar-refractivity contribution < 1.29 is 27.0 Å². The predicted octanol–water partition coefficient (Wildman–Crippen LogP) is 3.90. The second-order valence-electron chi connectivity index (χ2n) is 6.94. The Morgan fingerprint density at radius 1 is 1.17 bits per heavy atom. The van der Waals surface area contributed by atoms with Crippen LogP contribution >= 0.6 is 0 Å². The van der Waals surface area contributed by atoms with Crippen molar-refractivity contribution in [3.63, 3.8) is 0 Å². The molecule has 2 aromatic rings. The Morgan fingerprint density at radius 3 is 2.48 bits per heavy atom. The van der Waals surface area contributed by atoms with Gasteiger partial charge < -0.3 is 20.5 Å². The smallest absolute Gasteiger partial charge is 0.424 e. The predicted molar refractivity (Wildman–Crippen MR) is 99.9 cm³/mol. The van der Waals surface area contributed by atoms with Gasteiger partial charge in [0.15, 0.2) is 0 Å². The lowest BCUT2D eigenvalue weighted by molar-refractivity contribution is -0.249. The zero-order chi connectivity index (χ0) is 21.4. The van der Waals surface area contributed by atoms with Gasteiger partial charge in [-0.2, -0.15) is 13.2 Å². The molecule has 1 aliphatic rings. The number of ether oxygens (including phenoxy) is 2. The van der Waals surface area contributed by atoms with Crippen molar-refractivity contribution in [3.8, 4) is 5.75 Å². The Morgan fingerprint density at radius 2 is 1.86 bits per heavy atom. The minimum Gasteiger partial charge on any atom is -0.495 e. The molecule has 1 aromatic heterocycles. The number of benzene rings is 1. The molecule has 2 atom stereocenters. The van der Waals surface area contributed by atoms with E-state index in [1.54, 1.807) is 24.3 Å². The van der Waals surface area contributed by atoms with Gasteiger partial charge in [0, 0.05) is 0 Å². The number of hydrogen-bond donors (Lipinski definition) is 2. The van der Waals surface area contributed by atoms with E-state index < -0.39 is 35.6 Å². The number of aromatic nitrogens is 1. The van der Waals surface area contributed by atoms with Crippen molar-refractivity contribution >= 4 is 17.3 Å². The number of nitrogens with zero attached hydrogens (tertiary/aromatic N) is 2. The van der Waals surface area contributed by atoms with Gasteiger partial charge in [0.2, 0.25) is 5.60 Å². The zero-order valence-corrected chi connectivity index (χ0v) is 16.0. The van der Waals surface area contributed by atoms with Crippen LogP contribution < -0.4 is 15.8 Å². The maximum atomic E-state index is 14.5. The lowest BCUT2D eigenvalue weighted by Gasteiger charge is -2.40. The number of pyridine rings is 1. The van der Waals surface area contributed by atoms with Crippen LogP contribution in [0.15, 0.2) is 41.4 Å². The number of nitrogens with two attached hydrogens (primary N) is 1. The Labute approximate surface area is 164 Å². The number of alkyl halides is 3. The third kappa shape index (κ3) is 3.71. The molecule has 0 amide bonds. The molecule has 0 fully saturated rings. The third-order valence-corrected chi connectivity index (χ3v) is 4.76. The summed E-state index contributed by atoms with van der Waals surface area (Å²) in [6.07, 6.45) is -4.76. The van der Waals surface area contributed by atoms with E-state index >= 15 is 0 Å². The Hall–Kier alpha value is -2.88. The summed E-state index contributed by atoms with van der Waals surface area (Å²) in [6.45, 7) is 1.65. The van der Waals surface area contributed by atoms with Gasteiger partial charge in [0.05, 0.1) is 19.4 Å². The molecule has 0 aliphatic carbocycles. The molecule has 2 unspecified atom stereocenters. The molecular weight excluding hydrogens is 392 g/mol. The summed E-state index contributed by atoms with van der Waals surface area (Å²) in [5.41, 5.74) is 1.71. The van der Waals surface area contributed by atoms with Gasteiger partial charge in [-0.15, -0.1) is 0 Å². The molecule has 1 aliphatic heterocycles. The highest BCUT2D eigenvalue weighted by Gasteiger charge is 2.59. The summed E-state index contributed by atoms with van der Waals surface area (Å²) in [6, 6.07) is 9.56. The highest BCUT2D eigenvalue weighted by Crippen LogP contribution is 2.41. The number of para-hydroxylation sites is 2. The van der Waals surface area contributed by atoms with Gasteiger partial charge >= 0.3 is 6.18 Å². The number of rotatable bonds is 4. The van der Waals surface area contributed by atoms with E-state index in [1.165, 1.54) is 20.1 Å². The van der Waals surface area contributed by atoms with Crippen LogP contribution in [0.25, 0.3) is 0 Å². The van der Waals surface area contributed by atoms with Crippen LogP contribution in [-0.2, 0) is 10.3 Å². The first-order chi connectivity index (χ1) is 13.5. The molecule has 6 nitrogen and oxygen atoms in total. The molecule has 3 rings (SSSR count). The Kier molecular flexibility index (Phi) is 5.16. The van der Waals surface area contributed by atoms with Crippen LogP contribution in [0.4, 0.5) is 29.1 Å². The summed E-state index contributed by atoms with van der Waals surface area (Å²) in [5.74, 6) is -0.738. The molecule has 10 heteroatoms. The van der Waals surface area contributed by atoms with Gasteiger partial charge in [-0.05, 0) is 38.1 Å². The highest BCUT2D eigenvalue weighted by molar-refractivity contribution is 5.90. The topological polar surface area (TPSA) is 81.8 Å². The van der Waals surface area contributed by atoms with Crippen LogP contribution in [0.2, 0.25) is 0 Å². The standard InChI is InChI=1S/C19H20F4N4O2/c1-17(10-29-18(2,16(24)27-17)19(21,22)23)15-11(20)8-9-14(26-15)25-12-6-4-5-7-13(12)28-3/h4-9H,10H2,1-3H3,(H2,24,27)(H,25,26). The SMILES string of the molecule is COc1ccccc1Nc1ccc(F)c(C2(C)COC(C)(C(F)(F)F)C(N)=N2)n1. The van der Waals surface area contributed by atoms with E-state index in [0.29, 0.717) is 11.4 Å². The van der Waals surface area contributed by atoms with Gasteiger partial charge in [-0.25, -0.2) is 9.37 Å². The number of halogens is 4. The van der Waals surface area contributed by atoms with Gasteiger partial charge in [0.25, 0.3) is 0 Å². The second-order valence-corrected chi connectivity index (χ2v) is 6.94. The van der Waals surface area contributed by atoms with Gasteiger partial charge in [-0.3, -0.25) is 4.99 Å². The van der Waals surface area contributed by atoms with Crippen LogP contribution in [-0.4, -0.2) is 36.3 Å². The molecule has 2 heterocycles. The average Bonchev–Trinajstić information content (AvgIpc) is 2.66. The first-order valence-electron chi connectivity index (χ1n) is 8.64. The number of hydrogen-bond acceptors (Lipinski definition) is 6. The maximum absolute atomic E-state index is 14.5. The van der Waals surface area contributed by atoms with Gasteiger partial charge in [0.1, 0.15) is 34.5 Å². The lowest BCUT2D eigenvalue weighted by atomic mass is 9.93. The fourth-order valence-electron chi connectivity index (χ4n) is 2.89. The largest absolute Gasteiger partial charge is 0.495 e. The summed E-state index contributed by atoms with van der Waals surface area (Å²) < 4.78 is 64.7. The lowest BCUT2D eigenvalue weighted by Crippen LogP contribution is -2.60. The number of nitrogens with one attached hydrogen (secondary N) is 1. The fourth-order valence-corrected chi connectivity index (χ4v) is 2.89. The van der Waals surface area contributed by atoms with E-state index in [1.807, 2.05) is 0 Å². The first-order valence-corrected chi connectivity index (χ1v) is 8.64. The summed E-state index contributed by atoms with van der Waals surface area (Å²) in [7, 11) is 1.50. The van der Waals surface area contributed by atoms with Crippen molar-refractivity contribution in [2.24, 2.45) is 10.7 Å². The molecular formula is C19H20F4N4O2.